The van der Waals surface area contributed by atoms with Gasteiger partial charge in [0, 0.05) is 12.5 Å². The number of rotatable bonds is 2. The van der Waals surface area contributed by atoms with Crippen LogP contribution in [0.5, 0.6) is 0 Å². The van der Waals surface area contributed by atoms with Gasteiger partial charge in [0.15, 0.2) is 0 Å². The van der Waals surface area contributed by atoms with Crippen LogP contribution in [0.3, 0.4) is 0 Å². The van der Waals surface area contributed by atoms with E-state index in [0.29, 0.717) is 12.0 Å². The molecule has 1 aliphatic carbocycles. The molecule has 0 aromatic carbocycles. The van der Waals surface area contributed by atoms with E-state index in [0.717, 1.165) is 12.2 Å². The van der Waals surface area contributed by atoms with Crippen LogP contribution >= 0.6 is 0 Å². The maximum absolute atomic E-state index is 5.95. The van der Waals surface area contributed by atoms with Gasteiger partial charge in [-0.3, -0.25) is 0 Å². The van der Waals surface area contributed by atoms with Gasteiger partial charge in [-0.15, -0.1) is 0 Å². The highest BCUT2D eigenvalue weighted by Crippen LogP contribution is 2.27. The fourth-order valence-corrected chi connectivity index (χ4v) is 2.01. The molecule has 1 heterocycles. The summed E-state index contributed by atoms with van der Waals surface area (Å²) >= 11 is 0. The Morgan fingerprint density at radius 3 is 3.00 bits per heavy atom. The first kappa shape index (κ1) is 7.87. The van der Waals surface area contributed by atoms with E-state index in [1.54, 1.807) is 6.26 Å². The van der Waals surface area contributed by atoms with Gasteiger partial charge >= 0.3 is 0 Å². The highest BCUT2D eigenvalue weighted by Gasteiger charge is 2.24. The van der Waals surface area contributed by atoms with Gasteiger partial charge in [-0.1, -0.05) is 6.42 Å². The van der Waals surface area contributed by atoms with Crippen molar-refractivity contribution in [2.24, 2.45) is 11.7 Å². The summed E-state index contributed by atoms with van der Waals surface area (Å²) in [6.07, 6.45) is 6.49. The standard InChI is InChI=1S/C10H15NO/c11-10-5-1-3-8(10)7-9-4-2-6-12-9/h2,4,6,8,10H,1,3,5,7,11H2/t8-,10+/m0/s1. The minimum absolute atomic E-state index is 0.398. The second kappa shape index (κ2) is 3.31. The maximum Gasteiger partial charge on any atom is 0.104 e. The van der Waals surface area contributed by atoms with Crippen molar-refractivity contribution < 1.29 is 4.42 Å². The third-order valence-corrected chi connectivity index (χ3v) is 2.76. The molecule has 2 rings (SSSR count). The van der Waals surface area contributed by atoms with E-state index < -0.39 is 0 Å². The fraction of sp³-hybridized carbons (Fsp3) is 0.600. The predicted molar refractivity (Wildman–Crippen MR) is 47.7 cm³/mol. The molecular weight excluding hydrogens is 150 g/mol. The summed E-state index contributed by atoms with van der Waals surface area (Å²) in [5, 5.41) is 0. The summed E-state index contributed by atoms with van der Waals surface area (Å²) in [6.45, 7) is 0. The van der Waals surface area contributed by atoms with Gasteiger partial charge in [-0.05, 0) is 30.9 Å². The quantitative estimate of drug-likeness (QED) is 0.727. The predicted octanol–water partition coefficient (Wildman–Crippen LogP) is 1.95. The Morgan fingerprint density at radius 2 is 2.42 bits per heavy atom. The second-order valence-electron chi connectivity index (χ2n) is 3.64. The molecule has 1 aromatic rings. The summed E-state index contributed by atoms with van der Waals surface area (Å²) in [7, 11) is 0. The van der Waals surface area contributed by atoms with Crippen LogP contribution in [0.2, 0.25) is 0 Å². The van der Waals surface area contributed by atoms with Crippen LogP contribution in [0, 0.1) is 5.92 Å². The lowest BCUT2D eigenvalue weighted by Crippen LogP contribution is -2.25. The van der Waals surface area contributed by atoms with Crippen molar-refractivity contribution >= 4 is 0 Å². The van der Waals surface area contributed by atoms with E-state index in [1.165, 1.54) is 19.3 Å². The van der Waals surface area contributed by atoms with E-state index in [2.05, 4.69) is 0 Å². The minimum Gasteiger partial charge on any atom is -0.469 e. The molecule has 0 amide bonds. The molecule has 0 bridgehead atoms. The zero-order valence-electron chi connectivity index (χ0n) is 7.20. The molecule has 0 spiro atoms. The molecule has 1 saturated carbocycles. The van der Waals surface area contributed by atoms with Crippen molar-refractivity contribution in [1.82, 2.24) is 0 Å². The molecule has 1 fully saturated rings. The van der Waals surface area contributed by atoms with Crippen molar-refractivity contribution in [2.45, 2.75) is 31.7 Å². The Morgan fingerprint density at radius 1 is 1.50 bits per heavy atom. The molecule has 66 valence electrons. The Kier molecular flexibility index (Phi) is 2.17. The van der Waals surface area contributed by atoms with E-state index in [1.807, 2.05) is 12.1 Å². The molecule has 0 radical (unpaired) electrons. The van der Waals surface area contributed by atoms with Crippen molar-refractivity contribution in [1.29, 1.82) is 0 Å². The zero-order valence-corrected chi connectivity index (χ0v) is 7.20. The average molecular weight is 165 g/mol. The van der Waals surface area contributed by atoms with Crippen molar-refractivity contribution in [3.8, 4) is 0 Å². The first-order chi connectivity index (χ1) is 5.86. The molecule has 12 heavy (non-hydrogen) atoms. The first-order valence-electron chi connectivity index (χ1n) is 4.64. The van der Waals surface area contributed by atoms with Crippen LogP contribution in [0.25, 0.3) is 0 Å². The van der Waals surface area contributed by atoms with Gasteiger partial charge in [0.2, 0.25) is 0 Å². The first-order valence-corrected chi connectivity index (χ1v) is 4.64. The Balaban J connectivity index is 1.95. The van der Waals surface area contributed by atoms with Crippen LogP contribution in [0.15, 0.2) is 22.8 Å². The Labute approximate surface area is 72.7 Å². The molecule has 1 aliphatic rings. The van der Waals surface area contributed by atoms with Crippen molar-refractivity contribution in [3.05, 3.63) is 24.2 Å². The molecule has 0 aliphatic heterocycles. The van der Waals surface area contributed by atoms with Crippen molar-refractivity contribution in [2.75, 3.05) is 0 Å². The third-order valence-electron chi connectivity index (χ3n) is 2.76. The molecule has 2 heteroatoms. The van der Waals surface area contributed by atoms with E-state index in [9.17, 15) is 0 Å². The van der Waals surface area contributed by atoms with E-state index >= 15 is 0 Å². The summed E-state index contributed by atoms with van der Waals surface area (Å²) in [4.78, 5) is 0. The highest BCUT2D eigenvalue weighted by molar-refractivity contribution is 5.01. The lowest BCUT2D eigenvalue weighted by Gasteiger charge is -2.12. The van der Waals surface area contributed by atoms with E-state index in [4.69, 9.17) is 10.2 Å². The van der Waals surface area contributed by atoms with Crippen LogP contribution < -0.4 is 5.73 Å². The summed E-state index contributed by atoms with van der Waals surface area (Å²) in [6, 6.07) is 4.37. The maximum atomic E-state index is 5.95. The van der Waals surface area contributed by atoms with Gasteiger partial charge in [-0.25, -0.2) is 0 Å². The molecule has 0 unspecified atom stereocenters. The largest absolute Gasteiger partial charge is 0.469 e. The molecule has 1 aromatic heterocycles. The van der Waals surface area contributed by atoms with Gasteiger partial charge in [0.05, 0.1) is 6.26 Å². The lowest BCUT2D eigenvalue weighted by molar-refractivity contribution is 0.415. The minimum atomic E-state index is 0.398. The normalized spacial score (nSPS) is 29.4. The van der Waals surface area contributed by atoms with Crippen LogP contribution in [0.4, 0.5) is 0 Å². The van der Waals surface area contributed by atoms with E-state index in [-0.39, 0.29) is 0 Å². The number of nitrogens with two attached hydrogens (primary N) is 1. The third kappa shape index (κ3) is 1.53. The molecule has 2 N–H and O–H groups in total. The SMILES string of the molecule is N[C@@H]1CCC[C@H]1Cc1ccco1. The van der Waals surface area contributed by atoms with Gasteiger partial charge in [0.1, 0.15) is 5.76 Å². The summed E-state index contributed by atoms with van der Waals surface area (Å²) in [5.41, 5.74) is 5.95. The van der Waals surface area contributed by atoms with Gasteiger partial charge in [-0.2, -0.15) is 0 Å². The van der Waals surface area contributed by atoms with Crippen LogP contribution in [0.1, 0.15) is 25.0 Å². The Hall–Kier alpha value is -0.760. The van der Waals surface area contributed by atoms with Gasteiger partial charge < -0.3 is 10.2 Å². The number of furan rings is 1. The zero-order chi connectivity index (χ0) is 8.39. The lowest BCUT2D eigenvalue weighted by atomic mass is 9.99. The molecule has 2 nitrogen and oxygen atoms in total. The smallest absolute Gasteiger partial charge is 0.104 e. The van der Waals surface area contributed by atoms with Gasteiger partial charge in [0.25, 0.3) is 0 Å². The molecule has 0 saturated heterocycles. The van der Waals surface area contributed by atoms with Crippen LogP contribution in [-0.4, -0.2) is 6.04 Å². The monoisotopic (exact) mass is 165 g/mol. The molecular formula is C10H15NO. The summed E-state index contributed by atoms with van der Waals surface area (Å²) in [5.74, 6) is 1.73. The fourth-order valence-electron chi connectivity index (χ4n) is 2.01. The topological polar surface area (TPSA) is 39.2 Å². The number of hydrogen-bond donors (Lipinski definition) is 1. The Bertz CT molecular complexity index is 230. The highest BCUT2D eigenvalue weighted by atomic mass is 16.3. The second-order valence-corrected chi connectivity index (χ2v) is 3.64. The average Bonchev–Trinajstić information content (AvgIpc) is 2.65. The van der Waals surface area contributed by atoms with Crippen LogP contribution in [-0.2, 0) is 6.42 Å². The number of hydrogen-bond acceptors (Lipinski definition) is 2. The summed E-state index contributed by atoms with van der Waals surface area (Å²) < 4.78 is 5.29. The molecule has 2 atom stereocenters. The van der Waals surface area contributed by atoms with Crippen molar-refractivity contribution in [3.63, 3.8) is 0 Å².